The summed E-state index contributed by atoms with van der Waals surface area (Å²) in [5, 5.41) is 0. The second kappa shape index (κ2) is 8.13. The molecule has 0 unspecified atom stereocenters. The van der Waals surface area contributed by atoms with E-state index in [1.165, 1.54) is 11.1 Å². The van der Waals surface area contributed by atoms with Gasteiger partial charge >= 0.3 is 6.09 Å². The first-order valence-corrected chi connectivity index (χ1v) is 9.60. The fraction of sp³-hybridized carbons (Fsp3) is 0.579. The van der Waals surface area contributed by atoms with Crippen LogP contribution < -0.4 is 0 Å². The molecule has 1 saturated heterocycles. The van der Waals surface area contributed by atoms with Gasteiger partial charge in [0.05, 0.1) is 5.75 Å². The standard InChI is InChI=1S/C19H28N2O3S/c1-14-6-7-16(12-15(14)2)25-13-17(22)20-8-10-21(11-9-20)18(23)24-19(3,4)5/h6-7,12H,8-11,13H2,1-5H3. The van der Waals surface area contributed by atoms with Crippen LogP contribution in [0.5, 0.6) is 0 Å². The molecule has 6 heteroatoms. The van der Waals surface area contributed by atoms with Crippen LogP contribution in [0.3, 0.4) is 0 Å². The van der Waals surface area contributed by atoms with Gasteiger partial charge in [-0.05, 0) is 57.9 Å². The van der Waals surface area contributed by atoms with Crippen LogP contribution in [0.2, 0.25) is 0 Å². The molecule has 1 aliphatic rings. The lowest BCUT2D eigenvalue weighted by atomic mass is 10.1. The molecule has 1 aromatic rings. The van der Waals surface area contributed by atoms with Gasteiger partial charge in [-0.15, -0.1) is 11.8 Å². The van der Waals surface area contributed by atoms with E-state index in [0.29, 0.717) is 31.9 Å². The molecule has 5 nitrogen and oxygen atoms in total. The first kappa shape index (κ1) is 19.6. The Kier molecular flexibility index (Phi) is 6.38. The highest BCUT2D eigenvalue weighted by molar-refractivity contribution is 8.00. The molecule has 1 aromatic carbocycles. The van der Waals surface area contributed by atoms with Gasteiger partial charge in [0.15, 0.2) is 0 Å². The number of piperazine rings is 1. The SMILES string of the molecule is Cc1ccc(SCC(=O)N2CCN(C(=O)OC(C)(C)C)CC2)cc1C. The largest absolute Gasteiger partial charge is 0.444 e. The number of rotatable bonds is 3. The number of hydrogen-bond donors (Lipinski definition) is 0. The smallest absolute Gasteiger partial charge is 0.410 e. The topological polar surface area (TPSA) is 49.9 Å². The average molecular weight is 365 g/mol. The van der Waals surface area contributed by atoms with Gasteiger partial charge in [-0.1, -0.05) is 6.07 Å². The van der Waals surface area contributed by atoms with Crippen LogP contribution >= 0.6 is 11.8 Å². The lowest BCUT2D eigenvalue weighted by Crippen LogP contribution is -2.52. The van der Waals surface area contributed by atoms with Crippen molar-refractivity contribution in [1.82, 2.24) is 9.80 Å². The molecule has 0 N–H and O–H groups in total. The number of nitrogens with zero attached hydrogens (tertiary/aromatic N) is 2. The number of ether oxygens (including phenoxy) is 1. The maximum absolute atomic E-state index is 12.4. The fourth-order valence-electron chi connectivity index (χ4n) is 2.50. The molecular weight excluding hydrogens is 336 g/mol. The van der Waals surface area contributed by atoms with Crippen LogP contribution in [0.15, 0.2) is 23.1 Å². The van der Waals surface area contributed by atoms with Crippen molar-refractivity contribution in [3.05, 3.63) is 29.3 Å². The summed E-state index contributed by atoms with van der Waals surface area (Å²) in [4.78, 5) is 29.1. The van der Waals surface area contributed by atoms with Crippen LogP contribution in [0, 0.1) is 13.8 Å². The van der Waals surface area contributed by atoms with E-state index in [1.54, 1.807) is 16.7 Å². The molecule has 1 aliphatic heterocycles. The second-order valence-electron chi connectivity index (χ2n) is 7.38. The molecule has 0 saturated carbocycles. The van der Waals surface area contributed by atoms with E-state index in [9.17, 15) is 9.59 Å². The van der Waals surface area contributed by atoms with Gasteiger partial charge in [-0.25, -0.2) is 4.79 Å². The normalized spacial score (nSPS) is 15.2. The first-order valence-electron chi connectivity index (χ1n) is 8.61. The molecule has 138 valence electrons. The number of carbonyl (C=O) groups is 2. The molecule has 2 amide bonds. The van der Waals surface area contributed by atoms with Crippen LogP contribution in [0.25, 0.3) is 0 Å². The Morgan fingerprint density at radius 2 is 1.64 bits per heavy atom. The predicted octanol–water partition coefficient (Wildman–Crippen LogP) is 3.47. The Bertz CT molecular complexity index is 632. The quantitative estimate of drug-likeness (QED) is 0.771. The van der Waals surface area contributed by atoms with Crippen molar-refractivity contribution in [2.45, 2.75) is 45.1 Å². The Morgan fingerprint density at radius 1 is 1.04 bits per heavy atom. The maximum Gasteiger partial charge on any atom is 0.410 e. The van der Waals surface area contributed by atoms with Gasteiger partial charge in [0, 0.05) is 31.1 Å². The molecule has 0 bridgehead atoms. The number of aryl methyl sites for hydroxylation is 2. The van der Waals surface area contributed by atoms with Crippen molar-refractivity contribution in [3.8, 4) is 0 Å². The van der Waals surface area contributed by atoms with Gasteiger partial charge in [-0.3, -0.25) is 4.79 Å². The van der Waals surface area contributed by atoms with Crippen molar-refractivity contribution >= 4 is 23.8 Å². The second-order valence-corrected chi connectivity index (χ2v) is 8.43. The summed E-state index contributed by atoms with van der Waals surface area (Å²) in [5.41, 5.74) is 2.00. The molecule has 1 heterocycles. The molecular formula is C19H28N2O3S. The Labute approximate surface area is 154 Å². The van der Waals surface area contributed by atoms with Gasteiger partial charge < -0.3 is 14.5 Å². The Hall–Kier alpha value is -1.69. The fourth-order valence-corrected chi connectivity index (χ4v) is 3.40. The van der Waals surface area contributed by atoms with E-state index in [1.807, 2.05) is 25.7 Å². The summed E-state index contributed by atoms with van der Waals surface area (Å²) < 4.78 is 5.38. The average Bonchev–Trinajstić information content (AvgIpc) is 2.54. The number of hydrogen-bond acceptors (Lipinski definition) is 4. The maximum atomic E-state index is 12.4. The Balaban J connectivity index is 1.79. The van der Waals surface area contributed by atoms with Crippen LogP contribution in [0.1, 0.15) is 31.9 Å². The van der Waals surface area contributed by atoms with E-state index >= 15 is 0 Å². The van der Waals surface area contributed by atoms with Crippen LogP contribution in [-0.4, -0.2) is 59.3 Å². The first-order chi connectivity index (χ1) is 11.7. The van der Waals surface area contributed by atoms with E-state index in [0.717, 1.165) is 4.90 Å². The summed E-state index contributed by atoms with van der Waals surface area (Å²) in [6, 6.07) is 6.26. The molecule has 0 aromatic heterocycles. The predicted molar refractivity (Wildman–Crippen MR) is 101 cm³/mol. The van der Waals surface area contributed by atoms with Crippen LogP contribution in [0.4, 0.5) is 4.79 Å². The molecule has 1 fully saturated rings. The monoisotopic (exact) mass is 364 g/mol. The van der Waals surface area contributed by atoms with E-state index in [4.69, 9.17) is 4.74 Å². The zero-order valence-corrected chi connectivity index (χ0v) is 16.6. The summed E-state index contributed by atoms with van der Waals surface area (Å²) in [6.45, 7) is 11.9. The van der Waals surface area contributed by atoms with Crippen molar-refractivity contribution in [2.75, 3.05) is 31.9 Å². The third-order valence-corrected chi connectivity index (χ3v) is 5.10. The Morgan fingerprint density at radius 3 is 2.20 bits per heavy atom. The lowest BCUT2D eigenvalue weighted by molar-refractivity contribution is -0.130. The summed E-state index contributed by atoms with van der Waals surface area (Å²) >= 11 is 1.56. The van der Waals surface area contributed by atoms with Gasteiger partial charge in [0.1, 0.15) is 5.60 Å². The summed E-state index contributed by atoms with van der Waals surface area (Å²) in [6.07, 6.45) is -0.302. The highest BCUT2D eigenvalue weighted by Gasteiger charge is 2.27. The molecule has 0 atom stereocenters. The van der Waals surface area contributed by atoms with Gasteiger partial charge in [0.2, 0.25) is 5.91 Å². The number of carbonyl (C=O) groups excluding carboxylic acids is 2. The van der Waals surface area contributed by atoms with E-state index < -0.39 is 5.60 Å². The zero-order valence-electron chi connectivity index (χ0n) is 15.8. The number of amides is 2. The molecule has 0 aliphatic carbocycles. The summed E-state index contributed by atoms with van der Waals surface area (Å²) in [7, 11) is 0. The molecule has 25 heavy (non-hydrogen) atoms. The zero-order chi connectivity index (χ0) is 18.6. The molecule has 0 radical (unpaired) electrons. The third kappa shape index (κ3) is 5.96. The van der Waals surface area contributed by atoms with Crippen molar-refractivity contribution < 1.29 is 14.3 Å². The van der Waals surface area contributed by atoms with E-state index in [2.05, 4.69) is 32.0 Å². The number of benzene rings is 1. The van der Waals surface area contributed by atoms with Crippen LogP contribution in [-0.2, 0) is 9.53 Å². The minimum absolute atomic E-state index is 0.118. The minimum Gasteiger partial charge on any atom is -0.444 e. The van der Waals surface area contributed by atoms with Gasteiger partial charge in [-0.2, -0.15) is 0 Å². The molecule has 0 spiro atoms. The molecule has 2 rings (SSSR count). The van der Waals surface area contributed by atoms with Crippen molar-refractivity contribution in [3.63, 3.8) is 0 Å². The highest BCUT2D eigenvalue weighted by Crippen LogP contribution is 2.22. The number of thioether (sulfide) groups is 1. The highest BCUT2D eigenvalue weighted by atomic mass is 32.2. The van der Waals surface area contributed by atoms with E-state index in [-0.39, 0.29) is 12.0 Å². The van der Waals surface area contributed by atoms with Crippen molar-refractivity contribution in [2.24, 2.45) is 0 Å². The third-order valence-electron chi connectivity index (χ3n) is 4.12. The summed E-state index contributed by atoms with van der Waals surface area (Å²) in [5.74, 6) is 0.543. The van der Waals surface area contributed by atoms with Gasteiger partial charge in [0.25, 0.3) is 0 Å². The lowest BCUT2D eigenvalue weighted by Gasteiger charge is -2.35. The minimum atomic E-state index is -0.493. The van der Waals surface area contributed by atoms with Crippen molar-refractivity contribution in [1.29, 1.82) is 0 Å².